The van der Waals surface area contributed by atoms with Crippen molar-refractivity contribution in [2.75, 3.05) is 40.9 Å². The number of amides is 1. The SMILES string of the molecule is CC/C=C\C/C=C\C/C=C\C/C=C\C/C=C\C/C=C\C/C=C\CCCCCCCCCCCCCC(=O)NC(COP(=O)(O)OCC[N+](C)(C)C)C(O)/C=C/CC/C=C/CCCCCCCCC. The van der Waals surface area contributed by atoms with Crippen LogP contribution in [0.1, 0.15) is 206 Å². The highest BCUT2D eigenvalue weighted by atomic mass is 31.2. The van der Waals surface area contributed by atoms with Crippen LogP contribution in [0.4, 0.5) is 0 Å². The number of phosphoric acid groups is 1. The topological polar surface area (TPSA) is 105 Å². The summed E-state index contributed by atoms with van der Waals surface area (Å²) < 4.78 is 23.6. The first-order valence-corrected chi connectivity index (χ1v) is 28.8. The van der Waals surface area contributed by atoms with Crippen LogP contribution < -0.4 is 5.32 Å². The third-order valence-electron chi connectivity index (χ3n) is 11.5. The summed E-state index contributed by atoms with van der Waals surface area (Å²) in [5.74, 6) is -0.196. The standard InChI is InChI=1S/C59H103N2O6P/c1-6-8-10-12-14-16-18-20-21-22-23-24-25-26-27-28-29-30-31-32-33-34-35-36-37-38-39-41-43-45-47-49-51-53-59(63)60-57(56-67-68(64,65)66-55-54-61(3,4)5)58(62)52-50-48-46-44-42-40-19-17-15-13-11-9-7-2/h8,10,14,16,20-21,23-24,26-27,29-30,32-33,42,44,50,52,57-58,62H,6-7,9,11-13,15,17-19,22,25,28,31,34-41,43,45-49,51,53-56H2,1-5H3,(H-,60,63,64,65)/p+1/b10-8-,16-14-,21-20-,24-23-,27-26-,30-29-,33-32-,44-42+,52-50+. The van der Waals surface area contributed by atoms with Crippen molar-refractivity contribution < 1.29 is 32.9 Å². The van der Waals surface area contributed by atoms with Crippen molar-refractivity contribution in [1.82, 2.24) is 5.32 Å². The highest BCUT2D eigenvalue weighted by Crippen LogP contribution is 2.43. The maximum atomic E-state index is 12.9. The Morgan fingerprint density at radius 1 is 0.515 bits per heavy atom. The number of aliphatic hydroxyl groups is 1. The Bertz CT molecular complexity index is 1470. The van der Waals surface area contributed by atoms with Gasteiger partial charge in [-0.1, -0.05) is 220 Å². The molecular weight excluding hydrogens is 864 g/mol. The number of aliphatic hydroxyl groups excluding tert-OH is 1. The zero-order valence-electron chi connectivity index (χ0n) is 44.3. The Balaban J connectivity index is 4.17. The van der Waals surface area contributed by atoms with Gasteiger partial charge in [0.25, 0.3) is 0 Å². The molecule has 390 valence electrons. The van der Waals surface area contributed by atoms with Gasteiger partial charge in [-0.05, 0) is 89.9 Å². The molecule has 9 heteroatoms. The molecule has 8 nitrogen and oxygen atoms in total. The fraction of sp³-hybridized carbons (Fsp3) is 0.678. The van der Waals surface area contributed by atoms with Crippen molar-refractivity contribution in [1.29, 1.82) is 0 Å². The summed E-state index contributed by atoms with van der Waals surface area (Å²) in [7, 11) is 1.54. The van der Waals surface area contributed by atoms with Crippen molar-refractivity contribution in [3.05, 3.63) is 109 Å². The zero-order valence-corrected chi connectivity index (χ0v) is 45.2. The Morgan fingerprint density at radius 3 is 1.35 bits per heavy atom. The van der Waals surface area contributed by atoms with Crippen molar-refractivity contribution in [3.63, 3.8) is 0 Å². The van der Waals surface area contributed by atoms with Crippen LogP contribution in [0.25, 0.3) is 0 Å². The molecule has 0 rings (SSSR count). The minimum Gasteiger partial charge on any atom is -0.387 e. The van der Waals surface area contributed by atoms with Gasteiger partial charge in [0.1, 0.15) is 13.2 Å². The predicted molar refractivity (Wildman–Crippen MR) is 295 cm³/mol. The molecule has 0 aromatic rings. The fourth-order valence-electron chi connectivity index (χ4n) is 7.21. The number of phosphoric ester groups is 1. The van der Waals surface area contributed by atoms with E-state index in [1.54, 1.807) is 6.08 Å². The molecule has 1 amide bonds. The van der Waals surface area contributed by atoms with Crippen LogP contribution in [-0.2, 0) is 18.4 Å². The molecule has 0 aromatic carbocycles. The van der Waals surface area contributed by atoms with Crippen LogP contribution >= 0.6 is 7.82 Å². The number of nitrogens with zero attached hydrogens (tertiary/aromatic N) is 1. The number of quaternary nitrogens is 1. The first-order chi connectivity index (χ1) is 33.0. The van der Waals surface area contributed by atoms with E-state index in [0.717, 1.165) is 83.5 Å². The van der Waals surface area contributed by atoms with Crippen LogP contribution in [-0.4, -0.2) is 73.4 Å². The predicted octanol–water partition coefficient (Wildman–Crippen LogP) is 16.4. The number of unbranched alkanes of at least 4 members (excludes halogenated alkanes) is 19. The Morgan fingerprint density at radius 2 is 0.897 bits per heavy atom. The molecule has 68 heavy (non-hydrogen) atoms. The average Bonchev–Trinajstić information content (AvgIpc) is 3.30. The van der Waals surface area contributed by atoms with E-state index in [1.807, 2.05) is 27.2 Å². The smallest absolute Gasteiger partial charge is 0.387 e. The number of hydrogen-bond donors (Lipinski definition) is 3. The van der Waals surface area contributed by atoms with E-state index in [2.05, 4.69) is 116 Å². The van der Waals surface area contributed by atoms with Crippen LogP contribution in [0.15, 0.2) is 109 Å². The molecule has 0 aliphatic rings. The number of rotatable bonds is 48. The second kappa shape index (κ2) is 49.2. The fourth-order valence-corrected chi connectivity index (χ4v) is 7.95. The van der Waals surface area contributed by atoms with Crippen molar-refractivity contribution in [3.8, 4) is 0 Å². The van der Waals surface area contributed by atoms with Crippen LogP contribution in [0.5, 0.6) is 0 Å². The summed E-state index contributed by atoms with van der Waals surface area (Å²) in [6, 6.07) is -0.871. The maximum Gasteiger partial charge on any atom is 0.472 e. The van der Waals surface area contributed by atoms with Crippen molar-refractivity contribution in [2.24, 2.45) is 0 Å². The molecule has 0 saturated heterocycles. The van der Waals surface area contributed by atoms with Gasteiger partial charge in [0.05, 0.1) is 39.9 Å². The molecule has 0 heterocycles. The van der Waals surface area contributed by atoms with E-state index in [-0.39, 0.29) is 19.1 Å². The summed E-state index contributed by atoms with van der Waals surface area (Å²) in [4.78, 5) is 23.2. The zero-order chi connectivity index (χ0) is 49.9. The summed E-state index contributed by atoms with van der Waals surface area (Å²) in [6.45, 7) is 4.65. The third-order valence-corrected chi connectivity index (χ3v) is 12.5. The summed E-state index contributed by atoms with van der Waals surface area (Å²) >= 11 is 0. The second-order valence-corrected chi connectivity index (χ2v) is 20.7. The van der Waals surface area contributed by atoms with E-state index >= 15 is 0 Å². The Labute approximate surface area is 419 Å². The Hall–Kier alpha value is -2.84. The molecule has 0 radical (unpaired) electrons. The van der Waals surface area contributed by atoms with Gasteiger partial charge in [-0.3, -0.25) is 13.8 Å². The van der Waals surface area contributed by atoms with Crippen LogP contribution in [0.3, 0.4) is 0 Å². The minimum atomic E-state index is -4.36. The molecule has 0 fully saturated rings. The lowest BCUT2D eigenvalue weighted by atomic mass is 10.0. The van der Waals surface area contributed by atoms with Gasteiger partial charge in [0, 0.05) is 6.42 Å². The average molecular weight is 968 g/mol. The van der Waals surface area contributed by atoms with Gasteiger partial charge >= 0.3 is 7.82 Å². The highest BCUT2D eigenvalue weighted by molar-refractivity contribution is 7.47. The van der Waals surface area contributed by atoms with Gasteiger partial charge < -0.3 is 19.8 Å². The van der Waals surface area contributed by atoms with Crippen molar-refractivity contribution in [2.45, 2.75) is 219 Å². The second-order valence-electron chi connectivity index (χ2n) is 19.2. The van der Waals surface area contributed by atoms with E-state index in [0.29, 0.717) is 17.4 Å². The highest BCUT2D eigenvalue weighted by Gasteiger charge is 2.27. The summed E-state index contributed by atoms with van der Waals surface area (Å²) in [6.07, 6.45) is 71.9. The first-order valence-electron chi connectivity index (χ1n) is 27.3. The molecule has 3 atom stereocenters. The van der Waals surface area contributed by atoms with Gasteiger partial charge in [-0.15, -0.1) is 0 Å². The summed E-state index contributed by atoms with van der Waals surface area (Å²) in [5.41, 5.74) is 0. The number of carbonyl (C=O) groups excluding carboxylic acids is 1. The van der Waals surface area contributed by atoms with Crippen LogP contribution in [0.2, 0.25) is 0 Å². The molecule has 0 aliphatic carbocycles. The molecule has 3 N–H and O–H groups in total. The minimum absolute atomic E-state index is 0.0506. The van der Waals surface area contributed by atoms with Gasteiger partial charge in [-0.2, -0.15) is 0 Å². The molecule has 0 saturated carbocycles. The Kier molecular flexibility index (Phi) is 47.1. The van der Waals surface area contributed by atoms with E-state index < -0.39 is 20.0 Å². The molecule has 0 aliphatic heterocycles. The van der Waals surface area contributed by atoms with E-state index in [4.69, 9.17) is 9.05 Å². The molecule has 3 unspecified atom stereocenters. The van der Waals surface area contributed by atoms with Crippen LogP contribution in [0, 0.1) is 0 Å². The normalized spacial score (nSPS) is 14.9. The lowest BCUT2D eigenvalue weighted by molar-refractivity contribution is -0.870. The summed E-state index contributed by atoms with van der Waals surface area (Å²) in [5, 5.41) is 13.8. The van der Waals surface area contributed by atoms with Crippen molar-refractivity contribution >= 4 is 13.7 Å². The molecule has 0 aromatic heterocycles. The number of likely N-dealkylation sites (N-methyl/N-ethyl adjacent to an activating group) is 1. The maximum absolute atomic E-state index is 12.9. The largest absolute Gasteiger partial charge is 0.472 e. The van der Waals surface area contributed by atoms with Gasteiger partial charge in [0.2, 0.25) is 5.91 Å². The van der Waals surface area contributed by atoms with Gasteiger partial charge in [0.15, 0.2) is 0 Å². The third kappa shape index (κ3) is 51.0. The molecule has 0 bridgehead atoms. The van der Waals surface area contributed by atoms with E-state index in [1.165, 1.54) is 103 Å². The monoisotopic (exact) mass is 968 g/mol. The number of allylic oxidation sites excluding steroid dienone is 17. The molecular formula is C59H104N2O6P+. The lowest BCUT2D eigenvalue weighted by Crippen LogP contribution is -2.45. The quantitative estimate of drug-likeness (QED) is 0.0243. The number of hydrogen-bond acceptors (Lipinski definition) is 5. The first kappa shape index (κ1) is 65.2. The van der Waals surface area contributed by atoms with E-state index in [9.17, 15) is 19.4 Å². The number of nitrogens with one attached hydrogen (secondary N) is 1. The number of carbonyl (C=O) groups is 1. The lowest BCUT2D eigenvalue weighted by Gasteiger charge is -2.25. The molecule has 0 spiro atoms. The van der Waals surface area contributed by atoms with Gasteiger partial charge in [-0.25, -0.2) is 4.57 Å².